The van der Waals surface area contributed by atoms with Crippen molar-refractivity contribution in [2.75, 3.05) is 32.8 Å². The van der Waals surface area contributed by atoms with E-state index in [1.54, 1.807) is 0 Å². The zero-order chi connectivity index (χ0) is 15.2. The molecule has 2 unspecified atom stereocenters. The number of aryl methyl sites for hydroxylation is 1. The first-order valence-electron chi connectivity index (χ1n) is 7.99. The molecule has 2 heterocycles. The van der Waals surface area contributed by atoms with Gasteiger partial charge in [0.1, 0.15) is 0 Å². The average Bonchev–Trinajstić information content (AvgIpc) is 2.89. The number of rotatable bonds is 7. The summed E-state index contributed by atoms with van der Waals surface area (Å²) < 4.78 is 9.21. The molecule has 120 valence electrons. The van der Waals surface area contributed by atoms with Crippen molar-refractivity contribution >= 4 is 15.9 Å². The Morgan fingerprint density at radius 2 is 2.24 bits per heavy atom. The van der Waals surface area contributed by atoms with Crippen LogP contribution < -0.4 is 5.32 Å². The zero-order valence-corrected chi connectivity index (χ0v) is 14.9. The van der Waals surface area contributed by atoms with Crippen LogP contribution in [0.3, 0.4) is 0 Å². The molecule has 21 heavy (non-hydrogen) atoms. The van der Waals surface area contributed by atoms with Gasteiger partial charge in [-0.1, -0.05) is 13.8 Å². The van der Waals surface area contributed by atoms with Gasteiger partial charge in [-0.05, 0) is 42.4 Å². The van der Waals surface area contributed by atoms with E-state index in [1.165, 1.54) is 5.69 Å². The molecular formula is C15H27BrN4O. The number of halogens is 1. The van der Waals surface area contributed by atoms with E-state index < -0.39 is 0 Å². The molecule has 1 saturated heterocycles. The van der Waals surface area contributed by atoms with Gasteiger partial charge in [-0.2, -0.15) is 5.10 Å². The molecule has 1 fully saturated rings. The highest BCUT2D eigenvalue weighted by atomic mass is 79.9. The highest BCUT2D eigenvalue weighted by molar-refractivity contribution is 9.10. The Hall–Kier alpha value is -0.430. The summed E-state index contributed by atoms with van der Waals surface area (Å²) in [5.41, 5.74) is 1.20. The fourth-order valence-electron chi connectivity index (χ4n) is 2.86. The van der Waals surface area contributed by atoms with Gasteiger partial charge in [0.05, 0.1) is 35.1 Å². The Balaban J connectivity index is 2.22. The highest BCUT2D eigenvalue weighted by Crippen LogP contribution is 2.28. The van der Waals surface area contributed by atoms with Gasteiger partial charge in [-0.3, -0.25) is 9.58 Å². The molecule has 0 saturated carbocycles. The number of hydrogen-bond donors (Lipinski definition) is 1. The molecule has 2 rings (SSSR count). The Kier molecular flexibility index (Phi) is 6.67. The number of nitrogens with zero attached hydrogens (tertiary/aromatic N) is 3. The van der Waals surface area contributed by atoms with Crippen LogP contribution in [-0.2, 0) is 11.3 Å². The van der Waals surface area contributed by atoms with Gasteiger partial charge >= 0.3 is 0 Å². The second-order valence-corrected chi connectivity index (χ2v) is 6.28. The van der Waals surface area contributed by atoms with Gasteiger partial charge in [0.2, 0.25) is 0 Å². The van der Waals surface area contributed by atoms with Crippen molar-refractivity contribution in [2.24, 2.45) is 0 Å². The lowest BCUT2D eigenvalue weighted by atomic mass is 10.0. The number of nitrogens with one attached hydrogen (secondary N) is 1. The molecule has 0 aliphatic carbocycles. The third-order valence-corrected chi connectivity index (χ3v) is 4.65. The zero-order valence-electron chi connectivity index (χ0n) is 13.3. The normalized spacial score (nSPS) is 21.6. The summed E-state index contributed by atoms with van der Waals surface area (Å²) in [5.74, 6) is 0. The van der Waals surface area contributed by atoms with E-state index in [-0.39, 0.29) is 12.1 Å². The first-order chi connectivity index (χ1) is 10.2. The summed E-state index contributed by atoms with van der Waals surface area (Å²) in [5, 5.41) is 8.12. The smallest absolute Gasteiger partial charge is 0.0912 e. The molecule has 0 bridgehead atoms. The van der Waals surface area contributed by atoms with Crippen molar-refractivity contribution in [2.45, 2.75) is 45.9 Å². The molecule has 1 aliphatic heterocycles. The largest absolute Gasteiger partial charge is 0.374 e. The number of aromatic nitrogens is 2. The van der Waals surface area contributed by atoms with Crippen LogP contribution in [0, 0.1) is 0 Å². The van der Waals surface area contributed by atoms with Crippen molar-refractivity contribution in [3.63, 3.8) is 0 Å². The van der Waals surface area contributed by atoms with E-state index in [4.69, 9.17) is 4.74 Å². The molecule has 1 aliphatic rings. The van der Waals surface area contributed by atoms with Gasteiger partial charge in [-0.15, -0.1) is 0 Å². The Morgan fingerprint density at radius 3 is 2.90 bits per heavy atom. The average molecular weight is 359 g/mol. The summed E-state index contributed by atoms with van der Waals surface area (Å²) in [6.07, 6.45) is 3.17. The number of likely N-dealkylation sites (N-methyl/N-ethyl adjacent to an activating group) is 1. The third kappa shape index (κ3) is 4.06. The van der Waals surface area contributed by atoms with E-state index >= 15 is 0 Å². The predicted molar refractivity (Wildman–Crippen MR) is 88.5 cm³/mol. The van der Waals surface area contributed by atoms with Crippen molar-refractivity contribution in [1.82, 2.24) is 20.0 Å². The number of morpholine rings is 1. The Morgan fingerprint density at radius 1 is 1.43 bits per heavy atom. The first kappa shape index (κ1) is 16.9. The van der Waals surface area contributed by atoms with Crippen LogP contribution in [0.25, 0.3) is 0 Å². The second-order valence-electron chi connectivity index (χ2n) is 5.43. The van der Waals surface area contributed by atoms with E-state index in [1.807, 2.05) is 6.20 Å². The standard InChI is InChI=1S/C15H27BrN4O/c1-4-7-17-14(13-11-19(5-2)8-9-21-13)15-12(16)10-18-20(15)6-3/h10,13-14,17H,4-9,11H2,1-3H3. The molecule has 0 aromatic carbocycles. The number of ether oxygens (including phenoxy) is 1. The van der Waals surface area contributed by atoms with Gasteiger partial charge in [0.25, 0.3) is 0 Å². The minimum Gasteiger partial charge on any atom is -0.374 e. The van der Waals surface area contributed by atoms with Crippen molar-refractivity contribution in [3.8, 4) is 0 Å². The van der Waals surface area contributed by atoms with Crippen LogP contribution in [0.5, 0.6) is 0 Å². The lowest BCUT2D eigenvalue weighted by Crippen LogP contribution is -2.48. The monoisotopic (exact) mass is 358 g/mol. The minimum atomic E-state index is 0.170. The Labute approximate surface area is 136 Å². The SMILES string of the molecule is CCCNC(c1c(Br)cnn1CC)C1CN(CC)CCO1. The fourth-order valence-corrected chi connectivity index (χ4v) is 3.40. The maximum absolute atomic E-state index is 6.08. The number of hydrogen-bond acceptors (Lipinski definition) is 4. The van der Waals surface area contributed by atoms with E-state index in [0.717, 1.165) is 50.2 Å². The van der Waals surface area contributed by atoms with Crippen molar-refractivity contribution in [1.29, 1.82) is 0 Å². The maximum Gasteiger partial charge on any atom is 0.0912 e. The van der Waals surface area contributed by atoms with E-state index in [9.17, 15) is 0 Å². The van der Waals surface area contributed by atoms with E-state index in [0.29, 0.717) is 0 Å². The summed E-state index contributed by atoms with van der Waals surface area (Å²) >= 11 is 3.66. The van der Waals surface area contributed by atoms with Crippen LogP contribution in [0.2, 0.25) is 0 Å². The highest BCUT2D eigenvalue weighted by Gasteiger charge is 2.31. The fraction of sp³-hybridized carbons (Fsp3) is 0.800. The molecule has 5 nitrogen and oxygen atoms in total. The lowest BCUT2D eigenvalue weighted by Gasteiger charge is -2.37. The molecule has 1 aromatic heterocycles. The molecule has 1 aromatic rings. The van der Waals surface area contributed by atoms with Crippen LogP contribution >= 0.6 is 15.9 Å². The van der Waals surface area contributed by atoms with Gasteiger partial charge in [0.15, 0.2) is 0 Å². The minimum absolute atomic E-state index is 0.170. The summed E-state index contributed by atoms with van der Waals surface area (Å²) in [4.78, 5) is 2.45. The van der Waals surface area contributed by atoms with Gasteiger partial charge in [0, 0.05) is 19.6 Å². The van der Waals surface area contributed by atoms with Crippen LogP contribution in [-0.4, -0.2) is 53.6 Å². The topological polar surface area (TPSA) is 42.3 Å². The summed E-state index contributed by atoms with van der Waals surface area (Å²) in [7, 11) is 0. The molecule has 0 radical (unpaired) electrons. The molecule has 2 atom stereocenters. The maximum atomic E-state index is 6.08. The summed E-state index contributed by atoms with van der Waals surface area (Å²) in [6.45, 7) is 12.3. The van der Waals surface area contributed by atoms with Crippen molar-refractivity contribution < 1.29 is 4.74 Å². The van der Waals surface area contributed by atoms with E-state index in [2.05, 4.69) is 56.7 Å². The predicted octanol–water partition coefficient (Wildman–Crippen LogP) is 2.43. The van der Waals surface area contributed by atoms with Crippen LogP contribution in [0.1, 0.15) is 38.9 Å². The van der Waals surface area contributed by atoms with Gasteiger partial charge in [-0.25, -0.2) is 0 Å². The molecule has 6 heteroatoms. The first-order valence-corrected chi connectivity index (χ1v) is 8.79. The molecule has 0 amide bonds. The molecule has 1 N–H and O–H groups in total. The Bertz CT molecular complexity index is 437. The molecule has 0 spiro atoms. The molecular weight excluding hydrogens is 332 g/mol. The van der Waals surface area contributed by atoms with Crippen LogP contribution in [0.15, 0.2) is 10.7 Å². The summed E-state index contributed by atoms with van der Waals surface area (Å²) in [6, 6.07) is 0.177. The van der Waals surface area contributed by atoms with Gasteiger partial charge < -0.3 is 10.1 Å². The second kappa shape index (κ2) is 8.27. The van der Waals surface area contributed by atoms with Crippen molar-refractivity contribution in [3.05, 3.63) is 16.4 Å². The quantitative estimate of drug-likeness (QED) is 0.812. The third-order valence-electron chi connectivity index (χ3n) is 4.04. The lowest BCUT2D eigenvalue weighted by molar-refractivity contribution is -0.0470. The van der Waals surface area contributed by atoms with Crippen LogP contribution in [0.4, 0.5) is 0 Å².